The average molecular weight is 200 g/mol. The molecule has 0 unspecified atom stereocenters. The maximum Gasteiger partial charge on any atom is 0.256 e. The molecule has 1 aliphatic heterocycles. The molecule has 3 rings (SSSR count). The van der Waals surface area contributed by atoms with Gasteiger partial charge in [0.15, 0.2) is 0 Å². The average Bonchev–Trinajstić information content (AvgIpc) is 2.61. The zero-order valence-corrected chi connectivity index (χ0v) is 8.58. The Morgan fingerprint density at radius 3 is 3.07 bits per heavy atom. The summed E-state index contributed by atoms with van der Waals surface area (Å²) in [4.78, 5) is 16.7. The monoisotopic (exact) mass is 200 g/mol. The number of pyridine rings is 1. The minimum Gasteiger partial charge on any atom is -0.374 e. The molecule has 3 nitrogen and oxygen atoms in total. The highest BCUT2D eigenvalue weighted by Gasteiger charge is 2.19. The van der Waals surface area contributed by atoms with E-state index in [-0.39, 0.29) is 5.56 Å². The van der Waals surface area contributed by atoms with Crippen molar-refractivity contribution in [3.63, 3.8) is 0 Å². The molecule has 0 saturated carbocycles. The second-order valence-corrected chi connectivity index (χ2v) is 4.01. The van der Waals surface area contributed by atoms with Crippen LogP contribution >= 0.6 is 0 Å². The first-order valence-corrected chi connectivity index (χ1v) is 5.12. The van der Waals surface area contributed by atoms with E-state index in [4.69, 9.17) is 0 Å². The van der Waals surface area contributed by atoms with Gasteiger partial charge in [-0.3, -0.25) is 4.79 Å². The third-order valence-corrected chi connectivity index (χ3v) is 3.13. The minimum atomic E-state index is 0.0275. The Hall–Kier alpha value is -1.77. The van der Waals surface area contributed by atoms with E-state index in [0.717, 1.165) is 23.7 Å². The molecule has 0 saturated heterocycles. The van der Waals surface area contributed by atoms with Gasteiger partial charge in [-0.05, 0) is 29.5 Å². The van der Waals surface area contributed by atoms with Crippen molar-refractivity contribution in [1.82, 2.24) is 4.98 Å². The lowest BCUT2D eigenvalue weighted by atomic mass is 10.0. The van der Waals surface area contributed by atoms with Crippen molar-refractivity contribution >= 4 is 16.5 Å². The number of benzene rings is 1. The molecule has 0 radical (unpaired) electrons. The summed E-state index contributed by atoms with van der Waals surface area (Å²) in [7, 11) is 2.06. The van der Waals surface area contributed by atoms with Crippen LogP contribution in [0.2, 0.25) is 0 Å². The number of rotatable bonds is 0. The smallest absolute Gasteiger partial charge is 0.256 e. The summed E-state index contributed by atoms with van der Waals surface area (Å²) >= 11 is 0. The number of hydrogen-bond acceptors (Lipinski definition) is 2. The summed E-state index contributed by atoms with van der Waals surface area (Å²) in [6, 6.07) is 6.07. The van der Waals surface area contributed by atoms with Gasteiger partial charge in [0.2, 0.25) is 0 Å². The number of aromatic nitrogens is 1. The number of anilines is 1. The fraction of sp³-hybridized carbons (Fsp3) is 0.250. The van der Waals surface area contributed by atoms with E-state index in [9.17, 15) is 4.79 Å². The predicted molar refractivity (Wildman–Crippen MR) is 61.5 cm³/mol. The summed E-state index contributed by atoms with van der Waals surface area (Å²) in [5.74, 6) is 0. The molecule has 1 aromatic heterocycles. The highest BCUT2D eigenvalue weighted by atomic mass is 16.1. The van der Waals surface area contributed by atoms with Crippen LogP contribution in [0.5, 0.6) is 0 Å². The molecule has 0 atom stereocenters. The summed E-state index contributed by atoms with van der Waals surface area (Å²) < 4.78 is 0. The lowest BCUT2D eigenvalue weighted by Crippen LogP contribution is -2.12. The van der Waals surface area contributed by atoms with Crippen LogP contribution in [0, 0.1) is 0 Å². The number of fused-ring (bicyclic) bond motifs is 3. The van der Waals surface area contributed by atoms with Gasteiger partial charge in [-0.25, -0.2) is 0 Å². The van der Waals surface area contributed by atoms with E-state index >= 15 is 0 Å². The Balaban J connectivity index is 2.48. The van der Waals surface area contributed by atoms with E-state index in [1.54, 1.807) is 6.20 Å². The fourth-order valence-corrected chi connectivity index (χ4v) is 2.35. The fourth-order valence-electron chi connectivity index (χ4n) is 2.35. The van der Waals surface area contributed by atoms with Crippen LogP contribution < -0.4 is 10.5 Å². The molecule has 2 heterocycles. The second-order valence-electron chi connectivity index (χ2n) is 4.01. The molecule has 0 bridgehead atoms. The highest BCUT2D eigenvalue weighted by molar-refractivity contribution is 5.90. The van der Waals surface area contributed by atoms with E-state index in [1.165, 1.54) is 11.3 Å². The van der Waals surface area contributed by atoms with Gasteiger partial charge in [-0.15, -0.1) is 0 Å². The molecule has 0 fully saturated rings. The predicted octanol–water partition coefficient (Wildman–Crippen LogP) is 1.52. The molecule has 1 aromatic carbocycles. The van der Waals surface area contributed by atoms with Crippen molar-refractivity contribution < 1.29 is 0 Å². The third-order valence-electron chi connectivity index (χ3n) is 3.13. The van der Waals surface area contributed by atoms with E-state index in [1.807, 2.05) is 12.1 Å². The van der Waals surface area contributed by atoms with Gasteiger partial charge in [0.25, 0.3) is 5.56 Å². The number of hydrogen-bond donors (Lipinski definition) is 1. The molecular formula is C12H12N2O. The number of H-pyrrole nitrogens is 1. The maximum absolute atomic E-state index is 11.8. The van der Waals surface area contributed by atoms with Gasteiger partial charge in [0, 0.05) is 25.5 Å². The van der Waals surface area contributed by atoms with Crippen LogP contribution in [-0.2, 0) is 6.42 Å². The third kappa shape index (κ3) is 1.09. The van der Waals surface area contributed by atoms with Crippen LogP contribution in [0.4, 0.5) is 5.69 Å². The molecule has 3 heteroatoms. The first-order valence-electron chi connectivity index (χ1n) is 5.12. The van der Waals surface area contributed by atoms with E-state index in [0.29, 0.717) is 0 Å². The van der Waals surface area contributed by atoms with Gasteiger partial charge in [-0.1, -0.05) is 6.07 Å². The molecule has 15 heavy (non-hydrogen) atoms. The Morgan fingerprint density at radius 2 is 2.20 bits per heavy atom. The maximum atomic E-state index is 11.8. The molecule has 0 spiro atoms. The SMILES string of the molecule is CN1CCc2c1ccc1cc[nH]c(=O)c21. The zero-order chi connectivity index (χ0) is 10.4. The van der Waals surface area contributed by atoms with Gasteiger partial charge in [-0.2, -0.15) is 0 Å². The van der Waals surface area contributed by atoms with Gasteiger partial charge < -0.3 is 9.88 Å². The van der Waals surface area contributed by atoms with E-state index < -0.39 is 0 Å². The number of nitrogens with zero attached hydrogens (tertiary/aromatic N) is 1. The van der Waals surface area contributed by atoms with Crippen molar-refractivity contribution in [3.8, 4) is 0 Å². The van der Waals surface area contributed by atoms with Crippen LogP contribution in [0.3, 0.4) is 0 Å². The van der Waals surface area contributed by atoms with Crippen LogP contribution in [0.15, 0.2) is 29.2 Å². The van der Waals surface area contributed by atoms with Gasteiger partial charge in [0.05, 0.1) is 5.39 Å². The van der Waals surface area contributed by atoms with Crippen LogP contribution in [0.25, 0.3) is 10.8 Å². The molecule has 1 aliphatic rings. The van der Waals surface area contributed by atoms with Crippen LogP contribution in [-0.4, -0.2) is 18.6 Å². The van der Waals surface area contributed by atoms with Gasteiger partial charge >= 0.3 is 0 Å². The van der Waals surface area contributed by atoms with E-state index in [2.05, 4.69) is 23.0 Å². The molecule has 1 N–H and O–H groups in total. The Bertz CT molecular complexity index is 586. The standard InChI is InChI=1S/C12H12N2O/c1-14-7-5-9-10(14)3-2-8-4-6-13-12(15)11(8)9/h2-4,6H,5,7H2,1H3,(H,13,15). The second kappa shape index (κ2) is 2.86. The number of nitrogens with one attached hydrogen (secondary N) is 1. The lowest BCUT2D eigenvalue weighted by molar-refractivity contribution is 0.957. The Morgan fingerprint density at radius 1 is 1.33 bits per heavy atom. The summed E-state index contributed by atoms with van der Waals surface area (Å²) in [6.07, 6.45) is 2.67. The molecular weight excluding hydrogens is 188 g/mol. The summed E-state index contributed by atoms with van der Waals surface area (Å²) in [6.45, 7) is 1.00. The quantitative estimate of drug-likeness (QED) is 0.700. The first kappa shape index (κ1) is 8.53. The number of aromatic amines is 1. The normalized spacial score (nSPS) is 14.6. The minimum absolute atomic E-state index is 0.0275. The van der Waals surface area contributed by atoms with Crippen molar-refractivity contribution in [1.29, 1.82) is 0 Å². The van der Waals surface area contributed by atoms with Crippen molar-refractivity contribution in [2.45, 2.75) is 6.42 Å². The van der Waals surface area contributed by atoms with Crippen molar-refractivity contribution in [3.05, 3.63) is 40.3 Å². The number of likely N-dealkylation sites (N-methyl/N-ethyl adjacent to an activating group) is 1. The molecule has 0 amide bonds. The highest BCUT2D eigenvalue weighted by Crippen LogP contribution is 2.31. The van der Waals surface area contributed by atoms with Gasteiger partial charge in [0.1, 0.15) is 0 Å². The first-order chi connectivity index (χ1) is 7.27. The molecule has 0 aliphatic carbocycles. The summed E-state index contributed by atoms with van der Waals surface area (Å²) in [5, 5.41) is 1.90. The topological polar surface area (TPSA) is 36.1 Å². The largest absolute Gasteiger partial charge is 0.374 e. The van der Waals surface area contributed by atoms with Crippen LogP contribution in [0.1, 0.15) is 5.56 Å². The Kier molecular flexibility index (Phi) is 1.63. The molecule has 76 valence electrons. The summed E-state index contributed by atoms with van der Waals surface area (Å²) in [5.41, 5.74) is 2.41. The Labute approximate surface area is 87.3 Å². The molecule has 2 aromatic rings. The van der Waals surface area contributed by atoms with Crippen molar-refractivity contribution in [2.24, 2.45) is 0 Å². The lowest BCUT2D eigenvalue weighted by Gasteiger charge is -2.11. The van der Waals surface area contributed by atoms with Crippen molar-refractivity contribution in [2.75, 3.05) is 18.5 Å². The zero-order valence-electron chi connectivity index (χ0n) is 8.58.